The standard InChI is InChI=1S/C9H12O2/c1-5-8-4-7(10)2-6(8)3-9(5)11/h5-6,8H,2-4H2,1H3/t5?,6-,8+/m1/s1. The zero-order valence-electron chi connectivity index (χ0n) is 6.67. The van der Waals surface area contributed by atoms with Gasteiger partial charge in [-0.2, -0.15) is 0 Å². The molecule has 0 aromatic rings. The second kappa shape index (κ2) is 2.16. The van der Waals surface area contributed by atoms with Gasteiger partial charge in [-0.05, 0) is 11.8 Å². The van der Waals surface area contributed by atoms with Crippen LogP contribution in [-0.4, -0.2) is 11.6 Å². The maximum Gasteiger partial charge on any atom is 0.136 e. The molecule has 1 unspecified atom stereocenters. The van der Waals surface area contributed by atoms with E-state index in [1.807, 2.05) is 6.92 Å². The van der Waals surface area contributed by atoms with E-state index in [0.29, 0.717) is 42.7 Å². The lowest BCUT2D eigenvalue weighted by Gasteiger charge is -2.09. The molecular formula is C9H12O2. The Morgan fingerprint density at radius 3 is 2.55 bits per heavy atom. The lowest BCUT2D eigenvalue weighted by Crippen LogP contribution is -2.10. The largest absolute Gasteiger partial charge is 0.300 e. The molecule has 0 spiro atoms. The molecule has 0 aliphatic heterocycles. The molecule has 0 heterocycles. The molecule has 2 heteroatoms. The second-order valence-electron chi connectivity index (χ2n) is 3.83. The van der Waals surface area contributed by atoms with Crippen LogP contribution in [0.25, 0.3) is 0 Å². The quantitative estimate of drug-likeness (QED) is 0.522. The van der Waals surface area contributed by atoms with Gasteiger partial charge in [0.1, 0.15) is 11.6 Å². The van der Waals surface area contributed by atoms with Gasteiger partial charge in [-0.25, -0.2) is 0 Å². The number of hydrogen-bond donors (Lipinski definition) is 0. The number of carbonyl (C=O) groups is 2. The minimum atomic E-state index is 0.159. The van der Waals surface area contributed by atoms with E-state index in [4.69, 9.17) is 0 Å². The number of Topliss-reactive ketones (excluding diaryl/α,β-unsaturated/α-hetero) is 2. The van der Waals surface area contributed by atoms with Gasteiger partial charge in [-0.3, -0.25) is 9.59 Å². The van der Waals surface area contributed by atoms with Crippen molar-refractivity contribution in [3.05, 3.63) is 0 Å². The number of hydrogen-bond acceptors (Lipinski definition) is 2. The van der Waals surface area contributed by atoms with Crippen LogP contribution in [0.3, 0.4) is 0 Å². The van der Waals surface area contributed by atoms with Crippen LogP contribution >= 0.6 is 0 Å². The van der Waals surface area contributed by atoms with Crippen molar-refractivity contribution in [2.24, 2.45) is 17.8 Å². The van der Waals surface area contributed by atoms with Crippen LogP contribution in [0, 0.1) is 17.8 Å². The maximum absolute atomic E-state index is 11.2. The van der Waals surface area contributed by atoms with Gasteiger partial charge in [0.2, 0.25) is 0 Å². The molecule has 2 saturated carbocycles. The van der Waals surface area contributed by atoms with Crippen LogP contribution in [0.1, 0.15) is 26.2 Å². The Bertz CT molecular complexity index is 220. The normalized spacial score (nSPS) is 43.2. The zero-order chi connectivity index (χ0) is 8.01. The Morgan fingerprint density at radius 2 is 1.91 bits per heavy atom. The molecular weight excluding hydrogens is 140 g/mol. The molecule has 0 aromatic heterocycles. The summed E-state index contributed by atoms with van der Waals surface area (Å²) in [5.74, 6) is 1.69. The first-order chi connectivity index (χ1) is 5.18. The van der Waals surface area contributed by atoms with Crippen molar-refractivity contribution in [2.75, 3.05) is 0 Å². The number of ketones is 2. The summed E-state index contributed by atoms with van der Waals surface area (Å²) >= 11 is 0. The molecule has 2 nitrogen and oxygen atoms in total. The van der Waals surface area contributed by atoms with Crippen molar-refractivity contribution < 1.29 is 9.59 Å². The molecule has 2 aliphatic carbocycles. The number of rotatable bonds is 0. The van der Waals surface area contributed by atoms with E-state index in [-0.39, 0.29) is 5.92 Å². The smallest absolute Gasteiger partial charge is 0.136 e. The Labute approximate surface area is 66.0 Å². The summed E-state index contributed by atoms with van der Waals surface area (Å²) in [5.41, 5.74) is 0. The van der Waals surface area contributed by atoms with Crippen LogP contribution in [0.15, 0.2) is 0 Å². The SMILES string of the molecule is CC1C(=O)C[C@H]2CC(=O)C[C@@H]12. The number of fused-ring (bicyclic) bond motifs is 1. The van der Waals surface area contributed by atoms with Crippen molar-refractivity contribution in [1.29, 1.82) is 0 Å². The Hall–Kier alpha value is -0.660. The lowest BCUT2D eigenvalue weighted by atomic mass is 9.93. The highest BCUT2D eigenvalue weighted by atomic mass is 16.1. The molecule has 0 radical (unpaired) electrons. The molecule has 0 saturated heterocycles. The van der Waals surface area contributed by atoms with Crippen molar-refractivity contribution in [3.8, 4) is 0 Å². The maximum atomic E-state index is 11.2. The molecule has 0 N–H and O–H groups in total. The average Bonchev–Trinajstić information content (AvgIpc) is 2.37. The predicted molar refractivity (Wildman–Crippen MR) is 40.0 cm³/mol. The molecule has 2 rings (SSSR count). The van der Waals surface area contributed by atoms with Gasteiger partial charge in [-0.1, -0.05) is 6.92 Å². The van der Waals surface area contributed by atoms with E-state index in [1.165, 1.54) is 0 Å². The second-order valence-corrected chi connectivity index (χ2v) is 3.83. The summed E-state index contributed by atoms with van der Waals surface area (Å²) in [5, 5.41) is 0. The van der Waals surface area contributed by atoms with E-state index in [0.717, 1.165) is 0 Å². The fourth-order valence-electron chi connectivity index (χ4n) is 2.45. The van der Waals surface area contributed by atoms with Gasteiger partial charge in [0.05, 0.1) is 0 Å². The van der Waals surface area contributed by atoms with Crippen LogP contribution in [0.2, 0.25) is 0 Å². The van der Waals surface area contributed by atoms with Crippen molar-refractivity contribution in [2.45, 2.75) is 26.2 Å². The van der Waals surface area contributed by atoms with Gasteiger partial charge in [0.15, 0.2) is 0 Å². The third-order valence-corrected chi connectivity index (χ3v) is 3.17. The van der Waals surface area contributed by atoms with E-state index < -0.39 is 0 Å². The third-order valence-electron chi connectivity index (χ3n) is 3.17. The molecule has 0 amide bonds. The average molecular weight is 152 g/mol. The summed E-state index contributed by atoms with van der Waals surface area (Å²) in [6.07, 6.45) is 2.00. The van der Waals surface area contributed by atoms with Gasteiger partial charge < -0.3 is 0 Å². The van der Waals surface area contributed by atoms with Gasteiger partial charge in [0, 0.05) is 25.2 Å². The summed E-state index contributed by atoms with van der Waals surface area (Å²) in [4.78, 5) is 22.2. The van der Waals surface area contributed by atoms with Crippen LogP contribution < -0.4 is 0 Å². The van der Waals surface area contributed by atoms with Gasteiger partial charge in [0.25, 0.3) is 0 Å². The first-order valence-electron chi connectivity index (χ1n) is 4.23. The monoisotopic (exact) mass is 152 g/mol. The van der Waals surface area contributed by atoms with Gasteiger partial charge in [-0.15, -0.1) is 0 Å². The Balaban J connectivity index is 2.19. The van der Waals surface area contributed by atoms with Crippen molar-refractivity contribution in [3.63, 3.8) is 0 Å². The minimum Gasteiger partial charge on any atom is -0.300 e. The van der Waals surface area contributed by atoms with E-state index >= 15 is 0 Å². The lowest BCUT2D eigenvalue weighted by molar-refractivity contribution is -0.122. The van der Waals surface area contributed by atoms with E-state index in [2.05, 4.69) is 0 Å². The molecule has 11 heavy (non-hydrogen) atoms. The summed E-state index contributed by atoms with van der Waals surface area (Å²) in [6.45, 7) is 1.96. The topological polar surface area (TPSA) is 34.1 Å². The molecule has 0 bridgehead atoms. The highest BCUT2D eigenvalue weighted by Crippen LogP contribution is 2.43. The van der Waals surface area contributed by atoms with E-state index in [1.54, 1.807) is 0 Å². The predicted octanol–water partition coefficient (Wildman–Crippen LogP) is 1.19. The third kappa shape index (κ3) is 0.924. The fraction of sp³-hybridized carbons (Fsp3) is 0.778. The molecule has 0 aromatic carbocycles. The Kier molecular flexibility index (Phi) is 1.38. The molecule has 2 fully saturated rings. The van der Waals surface area contributed by atoms with Crippen LogP contribution in [0.4, 0.5) is 0 Å². The molecule has 60 valence electrons. The summed E-state index contributed by atoms with van der Waals surface area (Å²) in [6, 6.07) is 0. The van der Waals surface area contributed by atoms with E-state index in [9.17, 15) is 9.59 Å². The Morgan fingerprint density at radius 1 is 1.18 bits per heavy atom. The summed E-state index contributed by atoms with van der Waals surface area (Å²) < 4.78 is 0. The van der Waals surface area contributed by atoms with Gasteiger partial charge >= 0.3 is 0 Å². The zero-order valence-corrected chi connectivity index (χ0v) is 6.67. The molecule has 2 aliphatic rings. The number of carbonyl (C=O) groups excluding carboxylic acids is 2. The highest BCUT2D eigenvalue weighted by molar-refractivity contribution is 5.89. The minimum absolute atomic E-state index is 0.159. The fourth-order valence-corrected chi connectivity index (χ4v) is 2.45. The van der Waals surface area contributed by atoms with Crippen molar-refractivity contribution >= 4 is 11.6 Å². The van der Waals surface area contributed by atoms with Crippen LogP contribution in [0.5, 0.6) is 0 Å². The first kappa shape index (κ1) is 7.01. The summed E-state index contributed by atoms with van der Waals surface area (Å²) in [7, 11) is 0. The molecule has 3 atom stereocenters. The first-order valence-corrected chi connectivity index (χ1v) is 4.23. The van der Waals surface area contributed by atoms with Crippen LogP contribution in [-0.2, 0) is 9.59 Å². The van der Waals surface area contributed by atoms with Crippen molar-refractivity contribution in [1.82, 2.24) is 0 Å². The highest BCUT2D eigenvalue weighted by Gasteiger charge is 2.45.